The van der Waals surface area contributed by atoms with Gasteiger partial charge in [0.05, 0.1) is 22.4 Å². The predicted octanol–water partition coefficient (Wildman–Crippen LogP) is -1.59. The van der Waals surface area contributed by atoms with E-state index in [1.807, 2.05) is 0 Å². The van der Waals surface area contributed by atoms with Crippen LogP contribution in [0.25, 0.3) is 0 Å². The topological polar surface area (TPSA) is 104 Å². The summed E-state index contributed by atoms with van der Waals surface area (Å²) in [5, 5.41) is 9.10. The molecule has 0 aromatic rings. The molecule has 1 rings (SSSR count). The molecule has 0 aromatic carbocycles. The summed E-state index contributed by atoms with van der Waals surface area (Å²) in [5.41, 5.74) is -1.20. The summed E-state index contributed by atoms with van der Waals surface area (Å²) in [4.78, 5) is 1.74. The fourth-order valence-electron chi connectivity index (χ4n) is 2.12. The molecule has 0 spiro atoms. The van der Waals surface area contributed by atoms with Crippen molar-refractivity contribution in [3.8, 4) is 0 Å². The predicted molar refractivity (Wildman–Crippen MR) is 73.2 cm³/mol. The van der Waals surface area contributed by atoms with Gasteiger partial charge in [-0.15, -0.1) is 0 Å². The molecule has 2 atom stereocenters. The molecule has 0 amide bonds. The normalized spacial score (nSPS) is 26.5. The summed E-state index contributed by atoms with van der Waals surface area (Å²) in [6, 6.07) is 0. The lowest BCUT2D eigenvalue weighted by Gasteiger charge is -2.27. The molecule has 1 saturated heterocycles. The van der Waals surface area contributed by atoms with Crippen molar-refractivity contribution in [1.29, 1.82) is 0 Å². The van der Waals surface area contributed by atoms with Crippen LogP contribution in [-0.2, 0) is 19.9 Å². The first kappa shape index (κ1) is 16.8. The lowest BCUT2D eigenvalue weighted by Crippen LogP contribution is -2.49. The fraction of sp³-hybridized carbons (Fsp3) is 1.00. The second-order valence-electron chi connectivity index (χ2n) is 5.63. The van der Waals surface area contributed by atoms with Gasteiger partial charge >= 0.3 is 0 Å². The Balaban J connectivity index is 2.62. The molecule has 0 radical (unpaired) electrons. The van der Waals surface area contributed by atoms with Gasteiger partial charge in [-0.1, -0.05) is 0 Å². The fourth-order valence-corrected chi connectivity index (χ4v) is 6.32. The van der Waals surface area contributed by atoms with Crippen molar-refractivity contribution in [3.63, 3.8) is 0 Å². The summed E-state index contributed by atoms with van der Waals surface area (Å²) in [6.07, 6.45) is 0.119. The second kappa shape index (κ2) is 5.65. The smallest absolute Gasteiger partial charge is 0.215 e. The van der Waals surface area contributed by atoms with Crippen molar-refractivity contribution in [1.82, 2.24) is 9.62 Å². The molecule has 2 N–H and O–H groups in total. The van der Waals surface area contributed by atoms with E-state index in [4.69, 9.17) is 0 Å². The Morgan fingerprint density at radius 3 is 2.42 bits per heavy atom. The van der Waals surface area contributed by atoms with Crippen molar-refractivity contribution in [2.75, 3.05) is 38.7 Å². The molecule has 0 aromatic heterocycles. The average Bonchev–Trinajstić information content (AvgIpc) is 2.55. The molecule has 1 heterocycles. The van der Waals surface area contributed by atoms with E-state index in [2.05, 4.69) is 4.72 Å². The number of nitrogens with one attached hydrogen (secondary N) is 1. The highest BCUT2D eigenvalue weighted by Crippen LogP contribution is 2.18. The van der Waals surface area contributed by atoms with Crippen LogP contribution in [0.15, 0.2) is 0 Å². The Morgan fingerprint density at radius 1 is 1.42 bits per heavy atom. The Hall–Kier alpha value is -0.220. The molecule has 0 aliphatic carbocycles. The number of hydrogen-bond donors (Lipinski definition) is 2. The molecule has 0 bridgehead atoms. The first-order valence-electron chi connectivity index (χ1n) is 6.00. The zero-order chi connectivity index (χ0) is 14.9. The van der Waals surface area contributed by atoms with Gasteiger partial charge in [0, 0.05) is 13.1 Å². The lowest BCUT2D eigenvalue weighted by molar-refractivity contribution is 0.0385. The Bertz CT molecular complexity index is 510. The first-order valence-corrected chi connectivity index (χ1v) is 9.36. The summed E-state index contributed by atoms with van der Waals surface area (Å²) < 4.78 is 48.8. The van der Waals surface area contributed by atoms with Crippen LogP contribution < -0.4 is 4.72 Å². The number of nitrogens with zero attached hydrogens (tertiary/aromatic N) is 1. The summed E-state index contributed by atoms with van der Waals surface area (Å²) in [6.45, 7) is 1.70. The third-order valence-electron chi connectivity index (χ3n) is 2.94. The Morgan fingerprint density at radius 2 is 2.00 bits per heavy atom. The monoisotopic (exact) mass is 314 g/mol. The molecule has 7 nitrogen and oxygen atoms in total. The highest BCUT2D eigenvalue weighted by Gasteiger charge is 2.38. The van der Waals surface area contributed by atoms with Crippen LogP contribution in [-0.4, -0.2) is 76.4 Å². The van der Waals surface area contributed by atoms with E-state index >= 15 is 0 Å². The van der Waals surface area contributed by atoms with Crippen LogP contribution >= 0.6 is 0 Å². The van der Waals surface area contributed by atoms with Gasteiger partial charge in [0.2, 0.25) is 10.0 Å². The molecular formula is C10H22N2O5S2. The molecule has 1 aliphatic heterocycles. The van der Waals surface area contributed by atoms with Crippen LogP contribution in [0.3, 0.4) is 0 Å². The minimum Gasteiger partial charge on any atom is -0.387 e. The summed E-state index contributed by atoms with van der Waals surface area (Å²) in [7, 11) is -3.41. The Labute approximate surface area is 115 Å². The molecule has 19 heavy (non-hydrogen) atoms. The maximum Gasteiger partial charge on any atom is 0.215 e. The van der Waals surface area contributed by atoms with Crippen molar-refractivity contribution in [2.45, 2.75) is 24.2 Å². The molecule has 2 unspecified atom stereocenters. The second-order valence-corrected chi connectivity index (χ2v) is 9.90. The van der Waals surface area contributed by atoms with E-state index in [0.717, 1.165) is 0 Å². The lowest BCUT2D eigenvalue weighted by atomic mass is 10.1. The maximum absolute atomic E-state index is 12.0. The van der Waals surface area contributed by atoms with Gasteiger partial charge in [-0.25, -0.2) is 21.6 Å². The minimum absolute atomic E-state index is 0.0906. The van der Waals surface area contributed by atoms with Crippen molar-refractivity contribution >= 4 is 19.9 Å². The SMILES string of the molecule is CN(C)CC(C)(O)CNS(=O)(=O)C1CCS(=O)(=O)C1. The highest BCUT2D eigenvalue weighted by atomic mass is 32.2. The van der Waals surface area contributed by atoms with Crippen LogP contribution in [0.2, 0.25) is 0 Å². The van der Waals surface area contributed by atoms with E-state index in [9.17, 15) is 21.9 Å². The number of rotatable bonds is 6. The van der Waals surface area contributed by atoms with E-state index in [0.29, 0.717) is 6.54 Å². The number of sulfone groups is 1. The van der Waals surface area contributed by atoms with Crippen molar-refractivity contribution < 1.29 is 21.9 Å². The van der Waals surface area contributed by atoms with Gasteiger partial charge in [-0.05, 0) is 27.4 Å². The highest BCUT2D eigenvalue weighted by molar-refractivity contribution is 7.95. The van der Waals surface area contributed by atoms with Gasteiger partial charge < -0.3 is 10.0 Å². The molecule has 9 heteroatoms. The zero-order valence-electron chi connectivity index (χ0n) is 11.5. The molecule has 1 fully saturated rings. The Kier molecular flexibility index (Phi) is 5.00. The largest absolute Gasteiger partial charge is 0.387 e. The van der Waals surface area contributed by atoms with Crippen molar-refractivity contribution in [3.05, 3.63) is 0 Å². The van der Waals surface area contributed by atoms with E-state index < -0.39 is 30.7 Å². The molecule has 1 aliphatic rings. The number of hydrogen-bond acceptors (Lipinski definition) is 6. The zero-order valence-corrected chi connectivity index (χ0v) is 13.1. The van der Waals surface area contributed by atoms with E-state index in [-0.39, 0.29) is 24.5 Å². The number of sulfonamides is 1. The third kappa shape index (κ3) is 5.35. The van der Waals surface area contributed by atoms with Gasteiger partial charge in [-0.2, -0.15) is 0 Å². The molecule has 114 valence electrons. The van der Waals surface area contributed by atoms with Gasteiger partial charge in [0.15, 0.2) is 9.84 Å². The molecule has 0 saturated carbocycles. The van der Waals surface area contributed by atoms with Crippen LogP contribution in [0, 0.1) is 0 Å². The minimum atomic E-state index is -3.71. The van der Waals surface area contributed by atoms with Gasteiger partial charge in [0.1, 0.15) is 0 Å². The average molecular weight is 314 g/mol. The number of aliphatic hydroxyl groups is 1. The quantitative estimate of drug-likeness (QED) is 0.612. The van der Waals surface area contributed by atoms with Crippen LogP contribution in [0.4, 0.5) is 0 Å². The van der Waals surface area contributed by atoms with E-state index in [1.54, 1.807) is 19.0 Å². The van der Waals surface area contributed by atoms with Crippen LogP contribution in [0.5, 0.6) is 0 Å². The van der Waals surface area contributed by atoms with E-state index in [1.165, 1.54) is 6.92 Å². The summed E-state index contributed by atoms with van der Waals surface area (Å²) in [5.74, 6) is -0.426. The standard InChI is InChI=1S/C10H22N2O5S2/c1-10(13,8-12(2)3)7-11-19(16,17)9-4-5-18(14,15)6-9/h9,11,13H,4-8H2,1-3H3. The molecular weight excluding hydrogens is 292 g/mol. The summed E-state index contributed by atoms with van der Waals surface area (Å²) >= 11 is 0. The number of likely N-dealkylation sites (N-methyl/N-ethyl adjacent to an activating group) is 1. The van der Waals surface area contributed by atoms with Crippen molar-refractivity contribution in [2.24, 2.45) is 0 Å². The first-order chi connectivity index (χ1) is 8.44. The maximum atomic E-state index is 12.0. The van der Waals surface area contributed by atoms with Gasteiger partial charge in [-0.3, -0.25) is 0 Å². The van der Waals surface area contributed by atoms with Crippen LogP contribution in [0.1, 0.15) is 13.3 Å². The third-order valence-corrected chi connectivity index (χ3v) is 6.75. The van der Waals surface area contributed by atoms with Gasteiger partial charge in [0.25, 0.3) is 0 Å².